The lowest BCUT2D eigenvalue weighted by molar-refractivity contribution is -0.111. The van der Waals surface area contributed by atoms with Crippen molar-refractivity contribution < 1.29 is 13.6 Å². The van der Waals surface area contributed by atoms with Crippen molar-refractivity contribution in [1.82, 2.24) is 0 Å². The Morgan fingerprint density at radius 2 is 1.86 bits per heavy atom. The van der Waals surface area contributed by atoms with E-state index in [1.807, 2.05) is 30.3 Å². The first-order valence-electron chi connectivity index (χ1n) is 6.44. The van der Waals surface area contributed by atoms with Gasteiger partial charge in [0.05, 0.1) is 0 Å². The topological polar surface area (TPSA) is 42.2 Å². The molecule has 0 fully saturated rings. The van der Waals surface area contributed by atoms with Crippen molar-refractivity contribution in [1.29, 1.82) is 0 Å². The average Bonchev–Trinajstić information content (AvgIpc) is 2.90. The van der Waals surface area contributed by atoms with Gasteiger partial charge in [-0.25, -0.2) is 4.39 Å². The third-order valence-corrected chi connectivity index (χ3v) is 2.96. The van der Waals surface area contributed by atoms with Crippen molar-refractivity contribution in [2.45, 2.75) is 0 Å². The second kappa shape index (κ2) is 5.63. The second-order valence-electron chi connectivity index (χ2n) is 4.52. The Kier molecular flexibility index (Phi) is 3.51. The van der Waals surface area contributed by atoms with E-state index < -0.39 is 0 Å². The van der Waals surface area contributed by atoms with Gasteiger partial charge in [0.15, 0.2) is 0 Å². The molecule has 104 valence electrons. The first-order chi connectivity index (χ1) is 10.2. The van der Waals surface area contributed by atoms with Gasteiger partial charge in [-0.2, -0.15) is 0 Å². The number of halogens is 1. The fourth-order valence-electron chi connectivity index (χ4n) is 1.96. The minimum Gasteiger partial charge on any atom is -0.457 e. The number of rotatable bonds is 3. The SMILES string of the molecule is O=C(/C=C/c1cc2ccccc2o1)Nc1ccc(F)cc1. The zero-order chi connectivity index (χ0) is 14.7. The zero-order valence-electron chi connectivity index (χ0n) is 11.0. The van der Waals surface area contributed by atoms with Gasteiger partial charge in [0.2, 0.25) is 5.91 Å². The number of fused-ring (bicyclic) bond motifs is 1. The molecule has 4 heteroatoms. The quantitative estimate of drug-likeness (QED) is 0.730. The number of benzene rings is 2. The number of carbonyl (C=O) groups excluding carboxylic acids is 1. The van der Waals surface area contributed by atoms with Crippen LogP contribution in [0.25, 0.3) is 17.0 Å². The Labute approximate surface area is 120 Å². The summed E-state index contributed by atoms with van der Waals surface area (Å²) >= 11 is 0. The van der Waals surface area contributed by atoms with Crippen LogP contribution in [0.1, 0.15) is 5.76 Å². The van der Waals surface area contributed by atoms with E-state index in [0.717, 1.165) is 11.0 Å². The van der Waals surface area contributed by atoms with Crippen LogP contribution in [-0.2, 0) is 4.79 Å². The number of furan rings is 1. The maximum atomic E-state index is 12.8. The molecule has 1 amide bonds. The molecule has 0 bridgehead atoms. The number of amides is 1. The van der Waals surface area contributed by atoms with Crippen molar-refractivity contribution in [2.24, 2.45) is 0 Å². The van der Waals surface area contributed by atoms with Gasteiger partial charge in [0.1, 0.15) is 17.2 Å². The number of anilines is 1. The largest absolute Gasteiger partial charge is 0.457 e. The van der Waals surface area contributed by atoms with E-state index in [1.165, 1.54) is 30.3 Å². The summed E-state index contributed by atoms with van der Waals surface area (Å²) in [4.78, 5) is 11.8. The Bertz CT molecular complexity index is 770. The molecule has 1 aromatic heterocycles. The molecule has 0 saturated heterocycles. The number of nitrogens with one attached hydrogen (secondary N) is 1. The van der Waals surface area contributed by atoms with Gasteiger partial charge in [-0.05, 0) is 42.5 Å². The lowest BCUT2D eigenvalue weighted by Gasteiger charge is -2.00. The Morgan fingerprint density at radius 1 is 1.10 bits per heavy atom. The Morgan fingerprint density at radius 3 is 2.62 bits per heavy atom. The summed E-state index contributed by atoms with van der Waals surface area (Å²) in [6.45, 7) is 0. The third-order valence-electron chi connectivity index (χ3n) is 2.96. The van der Waals surface area contributed by atoms with Crippen LogP contribution in [0.3, 0.4) is 0 Å². The summed E-state index contributed by atoms with van der Waals surface area (Å²) in [6, 6.07) is 15.1. The van der Waals surface area contributed by atoms with Gasteiger partial charge in [-0.1, -0.05) is 18.2 Å². The molecule has 0 aliphatic rings. The van der Waals surface area contributed by atoms with Crippen LogP contribution in [0.5, 0.6) is 0 Å². The van der Waals surface area contributed by atoms with Crippen molar-refractivity contribution in [2.75, 3.05) is 5.32 Å². The molecular formula is C17H12FNO2. The first-order valence-corrected chi connectivity index (χ1v) is 6.44. The predicted octanol–water partition coefficient (Wildman–Crippen LogP) is 4.22. The summed E-state index contributed by atoms with van der Waals surface area (Å²) in [5.41, 5.74) is 1.31. The maximum absolute atomic E-state index is 12.8. The van der Waals surface area contributed by atoms with E-state index in [0.29, 0.717) is 11.4 Å². The van der Waals surface area contributed by atoms with E-state index in [9.17, 15) is 9.18 Å². The molecule has 0 saturated carbocycles. The lowest BCUT2D eigenvalue weighted by Crippen LogP contribution is -2.07. The van der Waals surface area contributed by atoms with Gasteiger partial charge in [-0.15, -0.1) is 0 Å². The van der Waals surface area contributed by atoms with Gasteiger partial charge in [0, 0.05) is 17.1 Å². The molecule has 0 aliphatic carbocycles. The number of hydrogen-bond donors (Lipinski definition) is 1. The highest BCUT2D eigenvalue weighted by Crippen LogP contribution is 2.19. The van der Waals surface area contributed by atoms with Crippen molar-refractivity contribution >= 4 is 28.6 Å². The van der Waals surface area contributed by atoms with E-state index in [-0.39, 0.29) is 11.7 Å². The van der Waals surface area contributed by atoms with Crippen molar-refractivity contribution in [3.8, 4) is 0 Å². The van der Waals surface area contributed by atoms with E-state index >= 15 is 0 Å². The van der Waals surface area contributed by atoms with Crippen LogP contribution < -0.4 is 5.32 Å². The number of para-hydroxylation sites is 1. The molecule has 0 unspecified atom stereocenters. The molecule has 1 heterocycles. The first kappa shape index (κ1) is 13.1. The minimum absolute atomic E-state index is 0.304. The Balaban J connectivity index is 1.70. The van der Waals surface area contributed by atoms with E-state index in [2.05, 4.69) is 5.32 Å². The summed E-state index contributed by atoms with van der Waals surface area (Å²) in [5, 5.41) is 3.62. The van der Waals surface area contributed by atoms with Gasteiger partial charge >= 0.3 is 0 Å². The summed E-state index contributed by atoms with van der Waals surface area (Å²) in [5.74, 6) is -0.0432. The maximum Gasteiger partial charge on any atom is 0.248 e. The molecule has 0 radical (unpaired) electrons. The summed E-state index contributed by atoms with van der Waals surface area (Å²) in [7, 11) is 0. The van der Waals surface area contributed by atoms with Crippen LogP contribution in [0.15, 0.2) is 65.1 Å². The van der Waals surface area contributed by atoms with Crippen LogP contribution in [0, 0.1) is 5.82 Å². The highest BCUT2D eigenvalue weighted by Gasteiger charge is 2.01. The fourth-order valence-corrected chi connectivity index (χ4v) is 1.96. The fraction of sp³-hybridized carbons (Fsp3) is 0. The lowest BCUT2D eigenvalue weighted by atomic mass is 10.2. The molecule has 1 N–H and O–H groups in total. The molecule has 0 atom stereocenters. The van der Waals surface area contributed by atoms with Gasteiger partial charge < -0.3 is 9.73 Å². The average molecular weight is 281 g/mol. The monoisotopic (exact) mass is 281 g/mol. The normalized spacial score (nSPS) is 11.1. The highest BCUT2D eigenvalue weighted by molar-refractivity contribution is 6.02. The standard InChI is InChI=1S/C17H12FNO2/c18-13-5-7-14(8-6-13)19-17(20)10-9-15-11-12-3-1-2-4-16(12)21-15/h1-11H,(H,19,20)/b10-9+. The molecule has 3 rings (SSSR count). The highest BCUT2D eigenvalue weighted by atomic mass is 19.1. The molecule has 3 nitrogen and oxygen atoms in total. The van der Waals surface area contributed by atoms with E-state index in [1.54, 1.807) is 6.08 Å². The predicted molar refractivity (Wildman–Crippen MR) is 80.3 cm³/mol. The third kappa shape index (κ3) is 3.17. The second-order valence-corrected chi connectivity index (χ2v) is 4.52. The van der Waals surface area contributed by atoms with Crippen LogP contribution in [0.4, 0.5) is 10.1 Å². The smallest absolute Gasteiger partial charge is 0.248 e. The molecule has 2 aromatic carbocycles. The molecule has 0 aliphatic heterocycles. The molecular weight excluding hydrogens is 269 g/mol. The van der Waals surface area contributed by atoms with Crippen LogP contribution in [0.2, 0.25) is 0 Å². The summed E-state index contributed by atoms with van der Waals surface area (Å²) < 4.78 is 18.3. The van der Waals surface area contributed by atoms with Crippen LogP contribution >= 0.6 is 0 Å². The molecule has 3 aromatic rings. The summed E-state index contributed by atoms with van der Waals surface area (Å²) in [6.07, 6.45) is 2.97. The molecule has 0 spiro atoms. The van der Waals surface area contributed by atoms with Gasteiger partial charge in [-0.3, -0.25) is 4.79 Å². The number of hydrogen-bond acceptors (Lipinski definition) is 2. The van der Waals surface area contributed by atoms with Crippen LogP contribution in [-0.4, -0.2) is 5.91 Å². The number of carbonyl (C=O) groups is 1. The van der Waals surface area contributed by atoms with Crippen molar-refractivity contribution in [3.05, 3.63) is 72.3 Å². The Hall–Kier alpha value is -2.88. The zero-order valence-corrected chi connectivity index (χ0v) is 11.0. The minimum atomic E-state index is -0.342. The van der Waals surface area contributed by atoms with E-state index in [4.69, 9.17) is 4.42 Å². The van der Waals surface area contributed by atoms with Crippen molar-refractivity contribution in [3.63, 3.8) is 0 Å². The van der Waals surface area contributed by atoms with Gasteiger partial charge in [0.25, 0.3) is 0 Å². The molecule has 21 heavy (non-hydrogen) atoms.